The number of hydrogen-bond acceptors (Lipinski definition) is 2. The Bertz CT molecular complexity index is 346. The third-order valence-corrected chi connectivity index (χ3v) is 2.33. The van der Waals surface area contributed by atoms with E-state index < -0.39 is 11.5 Å². The van der Waals surface area contributed by atoms with Gasteiger partial charge in [0, 0.05) is 0 Å². The SMILES string of the molecule is CC(N)(CCc1ccc(F)cc1)C(=O)O. The van der Waals surface area contributed by atoms with Crippen molar-refractivity contribution in [3.63, 3.8) is 0 Å². The molecule has 1 rings (SSSR count). The van der Waals surface area contributed by atoms with Crippen molar-refractivity contribution in [2.75, 3.05) is 0 Å². The van der Waals surface area contributed by atoms with Crippen molar-refractivity contribution in [3.8, 4) is 0 Å². The van der Waals surface area contributed by atoms with Crippen molar-refractivity contribution in [1.82, 2.24) is 0 Å². The summed E-state index contributed by atoms with van der Waals surface area (Å²) in [6.07, 6.45) is 0.855. The number of aliphatic carboxylic acids is 1. The van der Waals surface area contributed by atoms with Crippen LogP contribution in [0, 0.1) is 5.82 Å². The van der Waals surface area contributed by atoms with E-state index in [0.29, 0.717) is 12.8 Å². The summed E-state index contributed by atoms with van der Waals surface area (Å²) in [6, 6.07) is 5.97. The smallest absolute Gasteiger partial charge is 0.323 e. The quantitative estimate of drug-likeness (QED) is 0.794. The van der Waals surface area contributed by atoms with Crippen LogP contribution in [0.4, 0.5) is 4.39 Å². The molecule has 0 radical (unpaired) electrons. The first-order valence-electron chi connectivity index (χ1n) is 4.68. The molecule has 0 heterocycles. The predicted molar refractivity (Wildman–Crippen MR) is 54.9 cm³/mol. The number of hydrogen-bond donors (Lipinski definition) is 2. The van der Waals surface area contributed by atoms with Crippen LogP contribution in [0.5, 0.6) is 0 Å². The molecule has 1 atom stereocenters. The van der Waals surface area contributed by atoms with Gasteiger partial charge in [0.2, 0.25) is 0 Å². The number of nitrogens with two attached hydrogens (primary N) is 1. The molecule has 0 amide bonds. The van der Waals surface area contributed by atoms with Crippen LogP contribution >= 0.6 is 0 Å². The summed E-state index contributed by atoms with van der Waals surface area (Å²) in [5.74, 6) is -1.32. The van der Waals surface area contributed by atoms with Gasteiger partial charge in [0.1, 0.15) is 11.4 Å². The van der Waals surface area contributed by atoms with E-state index in [9.17, 15) is 9.18 Å². The van der Waals surface area contributed by atoms with Gasteiger partial charge in [-0.2, -0.15) is 0 Å². The molecule has 15 heavy (non-hydrogen) atoms. The maximum atomic E-state index is 12.6. The summed E-state index contributed by atoms with van der Waals surface area (Å²) in [6.45, 7) is 1.47. The summed E-state index contributed by atoms with van der Waals surface area (Å²) in [5, 5.41) is 8.78. The zero-order valence-corrected chi connectivity index (χ0v) is 8.53. The van der Waals surface area contributed by atoms with E-state index in [1.54, 1.807) is 12.1 Å². The van der Waals surface area contributed by atoms with Crippen LogP contribution in [0.25, 0.3) is 0 Å². The molecule has 3 nitrogen and oxygen atoms in total. The number of carboxylic acid groups (broad SMARTS) is 1. The Balaban J connectivity index is 2.57. The fourth-order valence-corrected chi connectivity index (χ4v) is 1.16. The monoisotopic (exact) mass is 211 g/mol. The van der Waals surface area contributed by atoms with Crippen LogP contribution in [0.3, 0.4) is 0 Å². The highest BCUT2D eigenvalue weighted by Crippen LogP contribution is 2.12. The molecular formula is C11H14FNO2. The Hall–Kier alpha value is -1.42. The Kier molecular flexibility index (Phi) is 3.42. The van der Waals surface area contributed by atoms with Gasteiger partial charge in [-0.25, -0.2) is 4.39 Å². The largest absolute Gasteiger partial charge is 0.480 e. The minimum atomic E-state index is -1.23. The Morgan fingerprint density at radius 1 is 1.47 bits per heavy atom. The summed E-state index contributed by atoms with van der Waals surface area (Å²) < 4.78 is 12.6. The average Bonchev–Trinajstić information content (AvgIpc) is 2.17. The Labute approximate surface area is 87.7 Å². The van der Waals surface area contributed by atoms with Crippen LogP contribution in [0.1, 0.15) is 18.9 Å². The minimum Gasteiger partial charge on any atom is -0.480 e. The normalized spacial score (nSPS) is 14.6. The first-order chi connectivity index (χ1) is 6.92. The van der Waals surface area contributed by atoms with E-state index in [0.717, 1.165) is 5.56 Å². The zero-order valence-electron chi connectivity index (χ0n) is 8.53. The number of halogens is 1. The fraction of sp³-hybridized carbons (Fsp3) is 0.364. The predicted octanol–water partition coefficient (Wildman–Crippen LogP) is 1.56. The highest BCUT2D eigenvalue weighted by molar-refractivity contribution is 5.77. The molecule has 0 saturated heterocycles. The third kappa shape index (κ3) is 3.32. The molecule has 4 heteroatoms. The highest BCUT2D eigenvalue weighted by atomic mass is 19.1. The standard InChI is InChI=1S/C11H14FNO2/c1-11(13,10(14)15)7-6-8-2-4-9(12)5-3-8/h2-5H,6-7,13H2,1H3,(H,14,15). The van der Waals surface area contributed by atoms with Crippen molar-refractivity contribution in [1.29, 1.82) is 0 Å². The van der Waals surface area contributed by atoms with Gasteiger partial charge in [-0.1, -0.05) is 12.1 Å². The van der Waals surface area contributed by atoms with Gasteiger partial charge < -0.3 is 10.8 Å². The average molecular weight is 211 g/mol. The van der Waals surface area contributed by atoms with Gasteiger partial charge in [-0.05, 0) is 37.5 Å². The summed E-state index contributed by atoms with van der Waals surface area (Å²) in [5.41, 5.74) is 5.22. The van der Waals surface area contributed by atoms with Crippen LogP contribution in [-0.4, -0.2) is 16.6 Å². The van der Waals surface area contributed by atoms with Gasteiger partial charge in [0.15, 0.2) is 0 Å². The molecule has 1 aromatic rings. The van der Waals surface area contributed by atoms with E-state index >= 15 is 0 Å². The molecular weight excluding hydrogens is 197 g/mol. The van der Waals surface area contributed by atoms with Crippen molar-refractivity contribution in [3.05, 3.63) is 35.6 Å². The molecule has 0 fully saturated rings. The van der Waals surface area contributed by atoms with E-state index in [-0.39, 0.29) is 5.82 Å². The maximum absolute atomic E-state index is 12.6. The lowest BCUT2D eigenvalue weighted by molar-refractivity contribution is -0.142. The molecule has 0 bridgehead atoms. The van der Waals surface area contributed by atoms with Crippen LogP contribution in [-0.2, 0) is 11.2 Å². The second kappa shape index (κ2) is 4.40. The topological polar surface area (TPSA) is 63.3 Å². The number of rotatable bonds is 4. The molecule has 82 valence electrons. The second-order valence-electron chi connectivity index (χ2n) is 3.85. The van der Waals surface area contributed by atoms with Gasteiger partial charge in [-0.3, -0.25) is 4.79 Å². The summed E-state index contributed by atoms with van der Waals surface area (Å²) >= 11 is 0. The lowest BCUT2D eigenvalue weighted by Gasteiger charge is -2.18. The molecule has 1 unspecified atom stereocenters. The summed E-state index contributed by atoms with van der Waals surface area (Å²) in [7, 11) is 0. The Morgan fingerprint density at radius 2 is 2.00 bits per heavy atom. The van der Waals surface area contributed by atoms with Crippen molar-refractivity contribution in [2.24, 2.45) is 5.73 Å². The highest BCUT2D eigenvalue weighted by Gasteiger charge is 2.26. The lowest BCUT2D eigenvalue weighted by atomic mass is 9.94. The van der Waals surface area contributed by atoms with Crippen LogP contribution < -0.4 is 5.73 Å². The van der Waals surface area contributed by atoms with Gasteiger partial charge in [0.05, 0.1) is 0 Å². The first-order valence-corrected chi connectivity index (χ1v) is 4.68. The first kappa shape index (κ1) is 11.7. The molecule has 0 aliphatic carbocycles. The Morgan fingerprint density at radius 3 is 2.47 bits per heavy atom. The minimum absolute atomic E-state index is 0.299. The van der Waals surface area contributed by atoms with Gasteiger partial charge >= 0.3 is 5.97 Å². The van der Waals surface area contributed by atoms with Crippen LogP contribution in [0.2, 0.25) is 0 Å². The molecule has 0 spiro atoms. The van der Waals surface area contributed by atoms with Crippen LogP contribution in [0.15, 0.2) is 24.3 Å². The van der Waals surface area contributed by atoms with Gasteiger partial charge in [-0.15, -0.1) is 0 Å². The fourth-order valence-electron chi connectivity index (χ4n) is 1.16. The lowest BCUT2D eigenvalue weighted by Crippen LogP contribution is -2.45. The van der Waals surface area contributed by atoms with Gasteiger partial charge in [0.25, 0.3) is 0 Å². The van der Waals surface area contributed by atoms with E-state index in [1.807, 2.05) is 0 Å². The van der Waals surface area contributed by atoms with Crippen molar-refractivity contribution >= 4 is 5.97 Å². The van der Waals surface area contributed by atoms with E-state index in [1.165, 1.54) is 19.1 Å². The third-order valence-electron chi connectivity index (χ3n) is 2.33. The molecule has 0 aliphatic rings. The number of carboxylic acids is 1. The number of benzene rings is 1. The van der Waals surface area contributed by atoms with Crippen molar-refractivity contribution < 1.29 is 14.3 Å². The summed E-state index contributed by atoms with van der Waals surface area (Å²) in [4.78, 5) is 10.7. The van der Waals surface area contributed by atoms with Crippen molar-refractivity contribution in [2.45, 2.75) is 25.3 Å². The number of carbonyl (C=O) groups is 1. The zero-order chi connectivity index (χ0) is 11.5. The molecule has 0 aromatic heterocycles. The van der Waals surface area contributed by atoms with E-state index in [2.05, 4.69) is 0 Å². The molecule has 0 aliphatic heterocycles. The second-order valence-corrected chi connectivity index (χ2v) is 3.85. The molecule has 3 N–H and O–H groups in total. The maximum Gasteiger partial charge on any atom is 0.323 e. The molecule has 0 saturated carbocycles. The molecule has 1 aromatic carbocycles. The van der Waals surface area contributed by atoms with E-state index in [4.69, 9.17) is 10.8 Å². The number of aryl methyl sites for hydroxylation is 1.